The molecule has 2 rings (SSSR count). The predicted molar refractivity (Wildman–Crippen MR) is 56.5 cm³/mol. The molecule has 0 aromatic heterocycles. The smallest absolute Gasteiger partial charge is 0.165 e. The van der Waals surface area contributed by atoms with Crippen molar-refractivity contribution in [2.75, 3.05) is 20.2 Å². The SMILES string of the molecule is COc1ccc(C2CNCC2N)cc1F. The standard InChI is InChI=1S/C11H15FN2O/c1-15-11-3-2-7(4-9(11)12)8-5-14-6-10(8)13/h2-4,8,10,14H,5-6,13H2,1H3. The highest BCUT2D eigenvalue weighted by atomic mass is 19.1. The Kier molecular flexibility index (Phi) is 2.88. The van der Waals surface area contributed by atoms with E-state index in [0.717, 1.165) is 18.7 Å². The number of benzene rings is 1. The second kappa shape index (κ2) is 4.16. The number of nitrogens with two attached hydrogens (primary N) is 1. The molecule has 1 aliphatic heterocycles. The van der Waals surface area contributed by atoms with Crippen molar-refractivity contribution in [2.45, 2.75) is 12.0 Å². The van der Waals surface area contributed by atoms with Crippen molar-refractivity contribution in [2.24, 2.45) is 5.73 Å². The molecular weight excluding hydrogens is 195 g/mol. The Balaban J connectivity index is 2.25. The van der Waals surface area contributed by atoms with Crippen molar-refractivity contribution in [1.29, 1.82) is 0 Å². The van der Waals surface area contributed by atoms with E-state index >= 15 is 0 Å². The molecule has 1 fully saturated rings. The number of ether oxygens (including phenoxy) is 1. The first-order valence-corrected chi connectivity index (χ1v) is 5.02. The van der Waals surface area contributed by atoms with Crippen LogP contribution in [0.15, 0.2) is 18.2 Å². The summed E-state index contributed by atoms with van der Waals surface area (Å²) in [6.45, 7) is 1.60. The Morgan fingerprint density at radius 2 is 2.27 bits per heavy atom. The van der Waals surface area contributed by atoms with Gasteiger partial charge in [-0.05, 0) is 17.7 Å². The number of hydrogen-bond donors (Lipinski definition) is 2. The minimum absolute atomic E-state index is 0.0674. The summed E-state index contributed by atoms with van der Waals surface area (Å²) in [6, 6.07) is 5.10. The zero-order valence-electron chi connectivity index (χ0n) is 8.66. The molecule has 4 heteroatoms. The quantitative estimate of drug-likeness (QED) is 0.760. The van der Waals surface area contributed by atoms with Crippen LogP contribution in [0, 0.1) is 5.82 Å². The normalized spacial score (nSPS) is 25.5. The molecule has 0 saturated carbocycles. The minimum Gasteiger partial charge on any atom is -0.494 e. The summed E-state index contributed by atoms with van der Waals surface area (Å²) >= 11 is 0. The Labute approximate surface area is 88.4 Å². The van der Waals surface area contributed by atoms with Crippen LogP contribution < -0.4 is 15.8 Å². The Bertz CT molecular complexity index is 356. The predicted octanol–water partition coefficient (Wildman–Crippen LogP) is 0.848. The Morgan fingerprint density at radius 3 is 2.80 bits per heavy atom. The number of rotatable bonds is 2. The Hall–Kier alpha value is -1.13. The molecule has 2 atom stereocenters. The molecule has 1 aromatic carbocycles. The fourth-order valence-corrected chi connectivity index (χ4v) is 1.98. The van der Waals surface area contributed by atoms with Crippen molar-refractivity contribution >= 4 is 0 Å². The maximum Gasteiger partial charge on any atom is 0.165 e. The minimum atomic E-state index is -0.325. The number of hydrogen-bond acceptors (Lipinski definition) is 3. The van der Waals surface area contributed by atoms with Gasteiger partial charge < -0.3 is 15.8 Å². The molecule has 3 N–H and O–H groups in total. The van der Waals surface area contributed by atoms with Crippen LogP contribution in [0.3, 0.4) is 0 Å². The maximum atomic E-state index is 13.4. The van der Waals surface area contributed by atoms with E-state index in [2.05, 4.69) is 5.32 Å². The first-order valence-electron chi connectivity index (χ1n) is 5.02. The molecule has 1 aromatic rings. The number of halogens is 1. The molecule has 2 unspecified atom stereocenters. The summed E-state index contributed by atoms with van der Waals surface area (Å²) in [5, 5.41) is 3.19. The van der Waals surface area contributed by atoms with Gasteiger partial charge in [0.1, 0.15) is 0 Å². The molecule has 0 spiro atoms. The van der Waals surface area contributed by atoms with E-state index in [1.807, 2.05) is 6.07 Å². The molecule has 1 saturated heterocycles. The average molecular weight is 210 g/mol. The van der Waals surface area contributed by atoms with Gasteiger partial charge in [0.15, 0.2) is 11.6 Å². The topological polar surface area (TPSA) is 47.3 Å². The highest BCUT2D eigenvalue weighted by Gasteiger charge is 2.25. The molecule has 3 nitrogen and oxygen atoms in total. The summed E-state index contributed by atoms with van der Waals surface area (Å²) in [5.41, 5.74) is 6.85. The summed E-state index contributed by atoms with van der Waals surface area (Å²) in [7, 11) is 1.46. The van der Waals surface area contributed by atoms with Gasteiger partial charge in [-0.15, -0.1) is 0 Å². The number of nitrogens with one attached hydrogen (secondary N) is 1. The van der Waals surface area contributed by atoms with Crippen LogP contribution in [0.1, 0.15) is 11.5 Å². The van der Waals surface area contributed by atoms with Crippen molar-refractivity contribution in [3.8, 4) is 5.75 Å². The van der Waals surface area contributed by atoms with Crippen LogP contribution >= 0.6 is 0 Å². The molecular formula is C11H15FN2O. The monoisotopic (exact) mass is 210 g/mol. The van der Waals surface area contributed by atoms with Crippen LogP contribution in [-0.4, -0.2) is 26.2 Å². The molecule has 0 aliphatic carbocycles. The van der Waals surface area contributed by atoms with Gasteiger partial charge in [-0.3, -0.25) is 0 Å². The fraction of sp³-hybridized carbons (Fsp3) is 0.455. The lowest BCUT2D eigenvalue weighted by Gasteiger charge is -2.15. The van der Waals surface area contributed by atoms with Crippen LogP contribution in [0.2, 0.25) is 0 Å². The fourth-order valence-electron chi connectivity index (χ4n) is 1.98. The van der Waals surface area contributed by atoms with E-state index in [1.165, 1.54) is 13.2 Å². The van der Waals surface area contributed by atoms with Crippen molar-refractivity contribution in [3.05, 3.63) is 29.6 Å². The van der Waals surface area contributed by atoms with Crippen LogP contribution in [0.25, 0.3) is 0 Å². The van der Waals surface area contributed by atoms with Gasteiger partial charge in [0.2, 0.25) is 0 Å². The third kappa shape index (κ3) is 1.96. The second-order valence-corrected chi connectivity index (χ2v) is 3.82. The van der Waals surface area contributed by atoms with Gasteiger partial charge in [-0.2, -0.15) is 0 Å². The highest BCUT2D eigenvalue weighted by Crippen LogP contribution is 2.26. The average Bonchev–Trinajstić information content (AvgIpc) is 2.64. The van der Waals surface area contributed by atoms with E-state index in [9.17, 15) is 4.39 Å². The lowest BCUT2D eigenvalue weighted by molar-refractivity contribution is 0.386. The highest BCUT2D eigenvalue weighted by molar-refractivity contribution is 5.32. The maximum absolute atomic E-state index is 13.4. The van der Waals surface area contributed by atoms with Crippen molar-refractivity contribution < 1.29 is 9.13 Å². The van der Waals surface area contributed by atoms with Gasteiger partial charge in [-0.25, -0.2) is 4.39 Å². The van der Waals surface area contributed by atoms with E-state index < -0.39 is 0 Å². The second-order valence-electron chi connectivity index (χ2n) is 3.82. The van der Waals surface area contributed by atoms with Gasteiger partial charge in [-0.1, -0.05) is 6.07 Å². The van der Waals surface area contributed by atoms with Gasteiger partial charge in [0.05, 0.1) is 7.11 Å². The van der Waals surface area contributed by atoms with Crippen LogP contribution in [0.4, 0.5) is 4.39 Å². The molecule has 1 heterocycles. The molecule has 1 aliphatic rings. The number of methoxy groups -OCH3 is 1. The molecule has 15 heavy (non-hydrogen) atoms. The third-order valence-corrected chi connectivity index (χ3v) is 2.87. The zero-order valence-corrected chi connectivity index (χ0v) is 8.66. The molecule has 0 radical (unpaired) electrons. The summed E-state index contributed by atoms with van der Waals surface area (Å²) in [5.74, 6) is 0.151. The van der Waals surface area contributed by atoms with Crippen LogP contribution in [0.5, 0.6) is 5.75 Å². The zero-order chi connectivity index (χ0) is 10.8. The van der Waals surface area contributed by atoms with E-state index in [0.29, 0.717) is 0 Å². The van der Waals surface area contributed by atoms with Crippen LogP contribution in [-0.2, 0) is 0 Å². The lowest BCUT2D eigenvalue weighted by Crippen LogP contribution is -2.27. The first-order chi connectivity index (χ1) is 7.22. The summed E-state index contributed by atoms with van der Waals surface area (Å²) < 4.78 is 18.3. The molecule has 82 valence electrons. The van der Waals surface area contributed by atoms with Gasteiger partial charge in [0.25, 0.3) is 0 Å². The van der Waals surface area contributed by atoms with E-state index in [1.54, 1.807) is 6.07 Å². The van der Waals surface area contributed by atoms with E-state index in [-0.39, 0.29) is 23.5 Å². The molecule has 0 bridgehead atoms. The largest absolute Gasteiger partial charge is 0.494 e. The first kappa shape index (κ1) is 10.4. The third-order valence-electron chi connectivity index (χ3n) is 2.87. The lowest BCUT2D eigenvalue weighted by atomic mass is 9.95. The van der Waals surface area contributed by atoms with Crippen molar-refractivity contribution in [3.63, 3.8) is 0 Å². The van der Waals surface area contributed by atoms with E-state index in [4.69, 9.17) is 10.5 Å². The van der Waals surface area contributed by atoms with Gasteiger partial charge >= 0.3 is 0 Å². The Morgan fingerprint density at radius 1 is 1.47 bits per heavy atom. The van der Waals surface area contributed by atoms with Gasteiger partial charge in [0, 0.05) is 25.0 Å². The van der Waals surface area contributed by atoms with Crippen molar-refractivity contribution in [1.82, 2.24) is 5.32 Å². The summed E-state index contributed by atoms with van der Waals surface area (Å²) in [4.78, 5) is 0. The molecule has 0 amide bonds. The summed E-state index contributed by atoms with van der Waals surface area (Å²) in [6.07, 6.45) is 0.